The van der Waals surface area contributed by atoms with E-state index in [0.717, 1.165) is 35.5 Å². The minimum absolute atomic E-state index is 1.07. The van der Waals surface area contributed by atoms with E-state index in [1.165, 1.54) is 26.1 Å². The highest BCUT2D eigenvalue weighted by Gasteiger charge is 2.51. The van der Waals surface area contributed by atoms with E-state index >= 15 is 0 Å². The Kier molecular flexibility index (Phi) is 2.54. The quantitative estimate of drug-likeness (QED) is 0.706. The van der Waals surface area contributed by atoms with Crippen LogP contribution in [0.3, 0.4) is 0 Å². The van der Waals surface area contributed by atoms with Gasteiger partial charge in [0.05, 0.1) is 0 Å². The number of nitrogens with zero attached hydrogens (tertiary/aromatic N) is 1. The summed E-state index contributed by atoms with van der Waals surface area (Å²) in [5.74, 6) is 6.81. The van der Waals surface area contributed by atoms with Gasteiger partial charge in [-0.3, -0.25) is 0 Å². The molecule has 0 spiro atoms. The summed E-state index contributed by atoms with van der Waals surface area (Å²) in [5.41, 5.74) is 0. The average molecular weight is 233 g/mol. The van der Waals surface area contributed by atoms with Crippen LogP contribution in [0, 0.1) is 35.5 Å². The van der Waals surface area contributed by atoms with E-state index in [1.54, 1.807) is 32.1 Å². The van der Waals surface area contributed by atoms with Crippen LogP contribution in [0.4, 0.5) is 0 Å². The van der Waals surface area contributed by atoms with Gasteiger partial charge in [0.1, 0.15) is 0 Å². The summed E-state index contributed by atoms with van der Waals surface area (Å²) in [6.07, 6.45) is 9.56. The van der Waals surface area contributed by atoms with Gasteiger partial charge in [0.2, 0.25) is 0 Å². The highest BCUT2D eigenvalue weighted by atomic mass is 15.1. The van der Waals surface area contributed by atoms with Crippen molar-refractivity contribution in [1.82, 2.24) is 4.90 Å². The zero-order valence-electron chi connectivity index (χ0n) is 11.3. The topological polar surface area (TPSA) is 3.24 Å². The van der Waals surface area contributed by atoms with Crippen LogP contribution < -0.4 is 0 Å². The summed E-state index contributed by atoms with van der Waals surface area (Å²) in [5, 5.41) is 0. The first-order valence-electron chi connectivity index (χ1n) is 8.05. The number of rotatable bonds is 2. The van der Waals surface area contributed by atoms with Crippen molar-refractivity contribution in [2.45, 2.75) is 45.4 Å². The van der Waals surface area contributed by atoms with Gasteiger partial charge in [-0.1, -0.05) is 6.92 Å². The molecule has 0 aromatic carbocycles. The molecule has 5 aliphatic rings. The molecule has 1 saturated heterocycles. The Morgan fingerprint density at radius 3 is 2.06 bits per heavy atom. The van der Waals surface area contributed by atoms with Gasteiger partial charge in [0, 0.05) is 6.54 Å². The second-order valence-electron chi connectivity index (χ2n) is 7.45. The van der Waals surface area contributed by atoms with Crippen LogP contribution in [-0.4, -0.2) is 24.5 Å². The third-order valence-corrected chi connectivity index (χ3v) is 6.60. The molecule has 5 rings (SSSR count). The van der Waals surface area contributed by atoms with Crippen LogP contribution in [0.25, 0.3) is 0 Å². The molecule has 0 amide bonds. The van der Waals surface area contributed by atoms with E-state index in [0.29, 0.717) is 0 Å². The number of hydrogen-bond acceptors (Lipinski definition) is 1. The van der Waals surface area contributed by atoms with E-state index in [2.05, 4.69) is 11.8 Å². The van der Waals surface area contributed by atoms with Gasteiger partial charge in [-0.15, -0.1) is 0 Å². The maximum atomic E-state index is 2.69. The van der Waals surface area contributed by atoms with Crippen LogP contribution in [0.15, 0.2) is 0 Å². The number of likely N-dealkylation sites (tertiary alicyclic amines) is 1. The molecule has 0 aromatic heterocycles. The molecule has 0 aromatic rings. The van der Waals surface area contributed by atoms with Gasteiger partial charge in [-0.2, -0.15) is 0 Å². The molecule has 1 heterocycles. The molecule has 1 heteroatoms. The van der Waals surface area contributed by atoms with Crippen LogP contribution in [0.1, 0.15) is 45.4 Å². The van der Waals surface area contributed by atoms with E-state index in [-0.39, 0.29) is 0 Å². The lowest BCUT2D eigenvalue weighted by molar-refractivity contribution is -0.0595. The zero-order chi connectivity index (χ0) is 11.4. The van der Waals surface area contributed by atoms with Crippen LogP contribution >= 0.6 is 0 Å². The predicted octanol–water partition coefficient (Wildman–Crippen LogP) is 3.40. The van der Waals surface area contributed by atoms with Crippen molar-refractivity contribution in [3.63, 3.8) is 0 Å². The molecular weight excluding hydrogens is 206 g/mol. The predicted molar refractivity (Wildman–Crippen MR) is 70.8 cm³/mol. The van der Waals surface area contributed by atoms with Gasteiger partial charge >= 0.3 is 0 Å². The number of hydrogen-bond donors (Lipinski definition) is 0. The van der Waals surface area contributed by atoms with Gasteiger partial charge in [-0.25, -0.2) is 0 Å². The van der Waals surface area contributed by atoms with Gasteiger partial charge in [-0.05, 0) is 87.1 Å². The van der Waals surface area contributed by atoms with E-state index in [9.17, 15) is 0 Å². The second kappa shape index (κ2) is 3.98. The molecule has 1 atom stereocenters. The Morgan fingerprint density at radius 2 is 1.53 bits per heavy atom. The zero-order valence-corrected chi connectivity index (χ0v) is 11.3. The normalized spacial score (nSPS) is 53.5. The Bertz CT molecular complexity index is 270. The van der Waals surface area contributed by atoms with Crippen molar-refractivity contribution < 1.29 is 0 Å². The van der Waals surface area contributed by atoms with Crippen LogP contribution in [0.5, 0.6) is 0 Å². The van der Waals surface area contributed by atoms with E-state index < -0.39 is 0 Å². The second-order valence-corrected chi connectivity index (χ2v) is 7.45. The largest absolute Gasteiger partial charge is 0.303 e. The highest BCUT2D eigenvalue weighted by Crippen LogP contribution is 2.59. The van der Waals surface area contributed by atoms with Gasteiger partial charge in [0.25, 0.3) is 0 Å². The third kappa shape index (κ3) is 1.69. The lowest BCUT2D eigenvalue weighted by Gasteiger charge is -2.56. The fourth-order valence-electron chi connectivity index (χ4n) is 6.20. The molecule has 17 heavy (non-hydrogen) atoms. The molecule has 1 unspecified atom stereocenters. The van der Waals surface area contributed by atoms with Crippen molar-refractivity contribution in [3.05, 3.63) is 0 Å². The standard InChI is InChI=1S/C16H27N/c1-2-17-4-3-13(10-17)16-14-6-11-5-12(8-14)9-15(16)7-11/h11-16H,2-10H2,1H3. The maximum absolute atomic E-state index is 2.69. The molecule has 0 radical (unpaired) electrons. The van der Waals surface area contributed by atoms with Crippen LogP contribution in [0.2, 0.25) is 0 Å². The Hall–Kier alpha value is -0.0400. The highest BCUT2D eigenvalue weighted by molar-refractivity contribution is 5.01. The Morgan fingerprint density at radius 1 is 0.882 bits per heavy atom. The lowest BCUT2D eigenvalue weighted by atomic mass is 9.49. The molecule has 1 aliphatic heterocycles. The fourth-order valence-corrected chi connectivity index (χ4v) is 6.20. The molecule has 1 nitrogen and oxygen atoms in total. The first kappa shape index (κ1) is 10.8. The molecule has 5 fully saturated rings. The molecular formula is C16H27N. The smallest absolute Gasteiger partial charge is 0.00129 e. The van der Waals surface area contributed by atoms with Crippen molar-refractivity contribution in [2.24, 2.45) is 35.5 Å². The van der Waals surface area contributed by atoms with E-state index in [4.69, 9.17) is 0 Å². The van der Waals surface area contributed by atoms with Crippen LogP contribution in [-0.2, 0) is 0 Å². The monoisotopic (exact) mass is 233 g/mol. The maximum Gasteiger partial charge on any atom is 0.00129 e. The van der Waals surface area contributed by atoms with E-state index in [1.807, 2.05) is 0 Å². The first-order chi connectivity index (χ1) is 8.33. The summed E-state index contributed by atoms with van der Waals surface area (Å²) < 4.78 is 0. The summed E-state index contributed by atoms with van der Waals surface area (Å²) in [6.45, 7) is 6.44. The van der Waals surface area contributed by atoms with Crippen molar-refractivity contribution in [3.8, 4) is 0 Å². The van der Waals surface area contributed by atoms with Gasteiger partial charge < -0.3 is 4.90 Å². The summed E-state index contributed by atoms with van der Waals surface area (Å²) >= 11 is 0. The Balaban J connectivity index is 1.51. The Labute approximate surface area is 106 Å². The molecule has 0 N–H and O–H groups in total. The fraction of sp³-hybridized carbons (Fsp3) is 1.00. The average Bonchev–Trinajstić information content (AvgIpc) is 2.76. The minimum Gasteiger partial charge on any atom is -0.303 e. The minimum atomic E-state index is 1.07. The molecule has 4 saturated carbocycles. The van der Waals surface area contributed by atoms with Gasteiger partial charge in [0.15, 0.2) is 0 Å². The lowest BCUT2D eigenvalue weighted by Crippen LogP contribution is -2.48. The summed E-state index contributed by atoms with van der Waals surface area (Å²) in [4.78, 5) is 2.69. The third-order valence-electron chi connectivity index (χ3n) is 6.60. The molecule has 4 aliphatic carbocycles. The van der Waals surface area contributed by atoms with Crippen molar-refractivity contribution in [1.29, 1.82) is 0 Å². The van der Waals surface area contributed by atoms with Crippen molar-refractivity contribution in [2.75, 3.05) is 19.6 Å². The summed E-state index contributed by atoms with van der Waals surface area (Å²) in [7, 11) is 0. The van der Waals surface area contributed by atoms with Crippen molar-refractivity contribution >= 4 is 0 Å². The molecule has 4 bridgehead atoms. The summed E-state index contributed by atoms with van der Waals surface area (Å²) in [6, 6.07) is 0. The first-order valence-corrected chi connectivity index (χ1v) is 8.05. The molecule has 96 valence electrons. The SMILES string of the molecule is CCN1CCC(C2C3CC4CC(C3)CC2C4)C1.